The predicted molar refractivity (Wildman–Crippen MR) is 85.2 cm³/mol. The Kier molecular flexibility index (Phi) is 3.81. The molecule has 0 saturated carbocycles. The molecule has 0 aliphatic carbocycles. The highest BCUT2D eigenvalue weighted by Gasteiger charge is 2.15. The minimum atomic E-state index is -0.376. The second-order valence-electron chi connectivity index (χ2n) is 5.02. The lowest BCUT2D eigenvalue weighted by Gasteiger charge is -2.13. The van der Waals surface area contributed by atoms with Crippen LogP contribution in [0.1, 0.15) is 18.4 Å². The third-order valence-electron chi connectivity index (χ3n) is 3.51. The highest BCUT2D eigenvalue weighted by Crippen LogP contribution is 2.29. The zero-order valence-electron chi connectivity index (χ0n) is 11.6. The molecule has 2 aromatic rings. The fourth-order valence-electron chi connectivity index (χ4n) is 2.32. The van der Waals surface area contributed by atoms with Gasteiger partial charge in [0.1, 0.15) is 5.82 Å². The van der Waals surface area contributed by atoms with E-state index in [4.69, 9.17) is 17.3 Å². The Morgan fingerprint density at radius 2 is 1.91 bits per heavy atom. The number of hydrogen-bond donors (Lipinski definition) is 2. The van der Waals surface area contributed by atoms with Crippen LogP contribution < -0.4 is 11.2 Å². The number of hydrazone groups is 1. The molecular weight excluding hydrogens is 305 g/mol. The average molecular weight is 318 g/mol. The molecule has 0 saturated heterocycles. The quantitative estimate of drug-likeness (QED) is 0.834. The molecule has 6 heteroatoms. The van der Waals surface area contributed by atoms with Crippen LogP contribution >= 0.6 is 11.6 Å². The van der Waals surface area contributed by atoms with Crippen molar-refractivity contribution < 1.29 is 9.18 Å². The van der Waals surface area contributed by atoms with Gasteiger partial charge in [0.15, 0.2) is 0 Å². The molecule has 0 bridgehead atoms. The van der Waals surface area contributed by atoms with Crippen molar-refractivity contribution in [1.82, 2.24) is 5.43 Å². The minimum Gasteiger partial charge on any atom is -0.398 e. The summed E-state index contributed by atoms with van der Waals surface area (Å²) in [6, 6.07) is 9.86. The van der Waals surface area contributed by atoms with Gasteiger partial charge in [-0.05, 0) is 23.8 Å². The number of nitrogen functional groups attached to an aromatic ring is 1. The van der Waals surface area contributed by atoms with Gasteiger partial charge < -0.3 is 5.73 Å². The van der Waals surface area contributed by atoms with E-state index < -0.39 is 0 Å². The first kappa shape index (κ1) is 14.5. The molecular formula is C16H13ClFN3O. The van der Waals surface area contributed by atoms with Gasteiger partial charge in [-0.2, -0.15) is 5.10 Å². The van der Waals surface area contributed by atoms with E-state index in [1.165, 1.54) is 6.07 Å². The summed E-state index contributed by atoms with van der Waals surface area (Å²) in [6.07, 6.45) is 0.856. The van der Waals surface area contributed by atoms with Crippen molar-refractivity contribution in [3.8, 4) is 11.1 Å². The van der Waals surface area contributed by atoms with Gasteiger partial charge in [-0.3, -0.25) is 4.79 Å². The fraction of sp³-hybridized carbons (Fsp3) is 0.125. The van der Waals surface area contributed by atoms with Gasteiger partial charge in [0.05, 0.1) is 16.4 Å². The second kappa shape index (κ2) is 5.77. The molecule has 3 rings (SSSR count). The summed E-state index contributed by atoms with van der Waals surface area (Å²) < 4.78 is 14.4. The molecule has 2 aromatic carbocycles. The van der Waals surface area contributed by atoms with E-state index in [0.717, 1.165) is 0 Å². The zero-order valence-corrected chi connectivity index (χ0v) is 12.3. The van der Waals surface area contributed by atoms with Gasteiger partial charge in [0.2, 0.25) is 5.91 Å². The number of hydrogen-bond acceptors (Lipinski definition) is 3. The van der Waals surface area contributed by atoms with E-state index in [-0.39, 0.29) is 11.7 Å². The molecule has 112 valence electrons. The third-order valence-corrected chi connectivity index (χ3v) is 3.86. The molecule has 1 amide bonds. The molecule has 1 heterocycles. The minimum absolute atomic E-state index is 0.127. The molecule has 0 radical (unpaired) electrons. The van der Waals surface area contributed by atoms with Gasteiger partial charge in [-0.25, -0.2) is 9.82 Å². The van der Waals surface area contributed by atoms with Gasteiger partial charge in [-0.1, -0.05) is 29.8 Å². The number of halogens is 2. The zero-order chi connectivity index (χ0) is 15.7. The van der Waals surface area contributed by atoms with E-state index in [9.17, 15) is 9.18 Å². The Balaban J connectivity index is 1.95. The molecule has 0 unspecified atom stereocenters. The standard InChI is InChI=1S/C16H13ClFN3O/c17-12-4-2-9(8-14(12)19)11-3-1-10(7-13(11)18)15-5-6-16(22)21-20-15/h1-4,7-8H,5-6,19H2,(H,21,22). The lowest BCUT2D eigenvalue weighted by Crippen LogP contribution is -2.25. The number of carbonyl (C=O) groups excluding carboxylic acids is 1. The molecule has 1 aliphatic rings. The molecule has 22 heavy (non-hydrogen) atoms. The summed E-state index contributed by atoms with van der Waals surface area (Å²) in [5.41, 5.74) is 11.0. The van der Waals surface area contributed by atoms with Crippen LogP contribution in [0.3, 0.4) is 0 Å². The van der Waals surface area contributed by atoms with E-state index in [2.05, 4.69) is 10.5 Å². The Morgan fingerprint density at radius 3 is 2.55 bits per heavy atom. The summed E-state index contributed by atoms with van der Waals surface area (Å²) in [5.74, 6) is -0.503. The maximum atomic E-state index is 14.4. The summed E-state index contributed by atoms with van der Waals surface area (Å²) >= 11 is 5.88. The predicted octanol–water partition coefficient (Wildman–Crippen LogP) is 3.34. The summed E-state index contributed by atoms with van der Waals surface area (Å²) in [5, 5.41) is 4.40. The maximum absolute atomic E-state index is 14.4. The van der Waals surface area contributed by atoms with Crippen LogP contribution in [0.2, 0.25) is 5.02 Å². The molecule has 4 nitrogen and oxygen atoms in total. The Bertz CT molecular complexity index is 789. The van der Waals surface area contributed by atoms with Crippen molar-refractivity contribution in [3.05, 3.63) is 52.8 Å². The van der Waals surface area contributed by atoms with Crippen LogP contribution in [0, 0.1) is 5.82 Å². The first-order chi connectivity index (χ1) is 10.5. The van der Waals surface area contributed by atoms with Gasteiger partial charge >= 0.3 is 0 Å². The van der Waals surface area contributed by atoms with Crippen LogP contribution in [-0.2, 0) is 4.79 Å². The molecule has 0 fully saturated rings. The van der Waals surface area contributed by atoms with Gasteiger partial charge in [-0.15, -0.1) is 0 Å². The number of benzene rings is 2. The number of anilines is 1. The number of rotatable bonds is 2. The summed E-state index contributed by atoms with van der Waals surface area (Å²) in [6.45, 7) is 0. The molecule has 3 N–H and O–H groups in total. The van der Waals surface area contributed by atoms with Crippen LogP contribution in [0.15, 0.2) is 41.5 Å². The van der Waals surface area contributed by atoms with Crippen LogP contribution in [-0.4, -0.2) is 11.6 Å². The Hall–Kier alpha value is -2.40. The summed E-state index contributed by atoms with van der Waals surface area (Å²) in [7, 11) is 0. The topological polar surface area (TPSA) is 67.5 Å². The van der Waals surface area contributed by atoms with Crippen LogP contribution in [0.5, 0.6) is 0 Å². The molecule has 0 atom stereocenters. The number of nitrogens with two attached hydrogens (primary N) is 1. The number of nitrogens with zero attached hydrogens (tertiary/aromatic N) is 1. The maximum Gasteiger partial charge on any atom is 0.240 e. The van der Waals surface area contributed by atoms with Crippen molar-refractivity contribution in [1.29, 1.82) is 0 Å². The highest BCUT2D eigenvalue weighted by molar-refractivity contribution is 6.33. The lowest BCUT2D eigenvalue weighted by molar-refractivity contribution is -0.121. The normalized spacial score (nSPS) is 14.5. The van der Waals surface area contributed by atoms with Crippen molar-refractivity contribution in [2.24, 2.45) is 5.10 Å². The van der Waals surface area contributed by atoms with Crippen molar-refractivity contribution >= 4 is 28.9 Å². The van der Waals surface area contributed by atoms with Crippen molar-refractivity contribution in [2.45, 2.75) is 12.8 Å². The Labute approximate surface area is 131 Å². The van der Waals surface area contributed by atoms with Gasteiger partial charge in [0.25, 0.3) is 0 Å². The van der Waals surface area contributed by atoms with E-state index in [1.807, 2.05) is 0 Å². The smallest absolute Gasteiger partial charge is 0.240 e. The van der Waals surface area contributed by atoms with E-state index >= 15 is 0 Å². The monoisotopic (exact) mass is 317 g/mol. The van der Waals surface area contributed by atoms with Gasteiger partial charge in [0, 0.05) is 24.0 Å². The molecule has 1 aliphatic heterocycles. The summed E-state index contributed by atoms with van der Waals surface area (Å²) in [4.78, 5) is 11.1. The second-order valence-corrected chi connectivity index (χ2v) is 5.43. The lowest BCUT2D eigenvalue weighted by atomic mass is 9.99. The van der Waals surface area contributed by atoms with E-state index in [1.54, 1.807) is 30.3 Å². The van der Waals surface area contributed by atoms with Crippen molar-refractivity contribution in [2.75, 3.05) is 5.73 Å². The van der Waals surface area contributed by atoms with Crippen molar-refractivity contribution in [3.63, 3.8) is 0 Å². The molecule has 0 spiro atoms. The van der Waals surface area contributed by atoms with E-state index in [0.29, 0.717) is 46.0 Å². The third kappa shape index (κ3) is 2.80. The highest BCUT2D eigenvalue weighted by atomic mass is 35.5. The number of nitrogens with one attached hydrogen (secondary N) is 1. The number of amides is 1. The Morgan fingerprint density at radius 1 is 1.14 bits per heavy atom. The SMILES string of the molecule is Nc1cc(-c2ccc(C3=NNC(=O)CC3)cc2F)ccc1Cl. The number of carbonyl (C=O) groups is 1. The first-order valence-corrected chi connectivity index (χ1v) is 7.13. The first-order valence-electron chi connectivity index (χ1n) is 6.75. The largest absolute Gasteiger partial charge is 0.398 e. The average Bonchev–Trinajstić information content (AvgIpc) is 2.51. The van der Waals surface area contributed by atoms with Crippen LogP contribution in [0.25, 0.3) is 11.1 Å². The van der Waals surface area contributed by atoms with Crippen LogP contribution in [0.4, 0.5) is 10.1 Å². The fourth-order valence-corrected chi connectivity index (χ4v) is 2.44. The molecule has 0 aromatic heterocycles.